The first-order chi connectivity index (χ1) is 10.7. The molecule has 0 spiro atoms. The minimum atomic E-state index is -0.146. The minimum absolute atomic E-state index is 0.136. The zero-order valence-electron chi connectivity index (χ0n) is 14.5. The molecule has 1 aromatic carbocycles. The topological polar surface area (TPSA) is 42.0 Å². The van der Waals surface area contributed by atoms with Gasteiger partial charge in [-0.2, -0.15) is 0 Å². The molecule has 23 heavy (non-hydrogen) atoms. The fourth-order valence-electron chi connectivity index (χ4n) is 2.41. The summed E-state index contributed by atoms with van der Waals surface area (Å²) in [4.78, 5) is 16.4. The number of hydrogen-bond donors (Lipinski definition) is 1. The highest BCUT2D eigenvalue weighted by Crippen LogP contribution is 2.23. The van der Waals surface area contributed by atoms with E-state index in [1.165, 1.54) is 5.57 Å². The van der Waals surface area contributed by atoms with Gasteiger partial charge in [0, 0.05) is 11.8 Å². The third-order valence-corrected chi connectivity index (χ3v) is 3.41. The van der Waals surface area contributed by atoms with Gasteiger partial charge in [0.15, 0.2) is 0 Å². The SMILES string of the molecule is C/C(=C\C(C)(C)C)c1ccc(C(=O)Nc2cc(C)ccn2)cc1. The molecule has 1 N–H and O–H groups in total. The normalized spacial score (nSPS) is 12.1. The van der Waals surface area contributed by atoms with Crippen molar-refractivity contribution in [2.75, 3.05) is 5.32 Å². The quantitative estimate of drug-likeness (QED) is 0.858. The summed E-state index contributed by atoms with van der Waals surface area (Å²) in [6.45, 7) is 10.6. The van der Waals surface area contributed by atoms with Crippen molar-refractivity contribution in [2.45, 2.75) is 34.6 Å². The van der Waals surface area contributed by atoms with Crippen molar-refractivity contribution in [3.05, 3.63) is 65.4 Å². The van der Waals surface area contributed by atoms with Crippen molar-refractivity contribution < 1.29 is 4.79 Å². The summed E-state index contributed by atoms with van der Waals surface area (Å²) in [5, 5.41) is 2.82. The second-order valence-corrected chi connectivity index (χ2v) is 6.94. The molecule has 3 nitrogen and oxygen atoms in total. The van der Waals surface area contributed by atoms with Crippen molar-refractivity contribution >= 4 is 17.3 Å². The lowest BCUT2D eigenvalue weighted by atomic mass is 9.91. The molecule has 0 unspecified atom stereocenters. The molecule has 1 aromatic heterocycles. The number of anilines is 1. The van der Waals surface area contributed by atoms with Gasteiger partial charge < -0.3 is 5.32 Å². The molecule has 0 bridgehead atoms. The number of nitrogens with zero attached hydrogens (tertiary/aromatic N) is 1. The Morgan fingerprint density at radius 3 is 2.26 bits per heavy atom. The van der Waals surface area contributed by atoms with Crippen LogP contribution in [0.25, 0.3) is 5.57 Å². The second kappa shape index (κ2) is 6.78. The average Bonchev–Trinajstić information content (AvgIpc) is 2.45. The molecule has 0 aliphatic rings. The average molecular weight is 308 g/mol. The Balaban J connectivity index is 2.13. The monoisotopic (exact) mass is 308 g/mol. The summed E-state index contributed by atoms with van der Waals surface area (Å²) in [5.74, 6) is 0.426. The number of allylic oxidation sites excluding steroid dienone is 2. The molecule has 0 atom stereocenters. The van der Waals surface area contributed by atoms with E-state index in [9.17, 15) is 4.79 Å². The number of carbonyl (C=O) groups excluding carboxylic acids is 1. The number of amides is 1. The van der Waals surface area contributed by atoms with Gasteiger partial charge in [0.25, 0.3) is 5.91 Å². The number of rotatable bonds is 3. The largest absolute Gasteiger partial charge is 0.307 e. The predicted octanol–water partition coefficient (Wildman–Crippen LogP) is 5.09. The van der Waals surface area contributed by atoms with Crippen LogP contribution < -0.4 is 5.32 Å². The van der Waals surface area contributed by atoms with Gasteiger partial charge in [0.05, 0.1) is 0 Å². The molecule has 2 aromatic rings. The first kappa shape index (κ1) is 16.9. The Hall–Kier alpha value is -2.42. The molecule has 0 radical (unpaired) electrons. The zero-order chi connectivity index (χ0) is 17.0. The molecule has 3 heteroatoms. The number of pyridine rings is 1. The second-order valence-electron chi connectivity index (χ2n) is 6.94. The van der Waals surface area contributed by atoms with Gasteiger partial charge in [-0.05, 0) is 60.2 Å². The number of aromatic nitrogens is 1. The lowest BCUT2D eigenvalue weighted by molar-refractivity contribution is 0.102. The molecule has 1 heterocycles. The van der Waals surface area contributed by atoms with Gasteiger partial charge in [0.2, 0.25) is 0 Å². The molecule has 120 valence electrons. The molecular weight excluding hydrogens is 284 g/mol. The van der Waals surface area contributed by atoms with E-state index in [4.69, 9.17) is 0 Å². The van der Waals surface area contributed by atoms with Crippen molar-refractivity contribution in [1.29, 1.82) is 0 Å². The third kappa shape index (κ3) is 5.06. The highest BCUT2D eigenvalue weighted by molar-refractivity contribution is 6.03. The number of carbonyl (C=O) groups is 1. The van der Waals surface area contributed by atoms with Gasteiger partial charge in [-0.25, -0.2) is 4.98 Å². The lowest BCUT2D eigenvalue weighted by Crippen LogP contribution is -2.12. The Morgan fingerprint density at radius 2 is 1.70 bits per heavy atom. The highest BCUT2D eigenvalue weighted by Gasteiger charge is 2.09. The number of aryl methyl sites for hydroxylation is 1. The van der Waals surface area contributed by atoms with Gasteiger partial charge in [0.1, 0.15) is 5.82 Å². The van der Waals surface area contributed by atoms with Crippen LogP contribution >= 0.6 is 0 Å². The molecule has 0 fully saturated rings. The molecule has 0 saturated heterocycles. The summed E-state index contributed by atoms with van der Waals surface area (Å²) in [5.41, 5.74) is 4.17. The van der Waals surface area contributed by atoms with Gasteiger partial charge >= 0.3 is 0 Å². The van der Waals surface area contributed by atoms with Gasteiger partial charge in [-0.15, -0.1) is 0 Å². The lowest BCUT2D eigenvalue weighted by Gasteiger charge is -2.14. The maximum absolute atomic E-state index is 12.3. The highest BCUT2D eigenvalue weighted by atomic mass is 16.1. The van der Waals surface area contributed by atoms with Crippen LogP contribution in [-0.4, -0.2) is 10.9 Å². The van der Waals surface area contributed by atoms with E-state index in [2.05, 4.69) is 44.1 Å². The fourth-order valence-corrected chi connectivity index (χ4v) is 2.41. The predicted molar refractivity (Wildman–Crippen MR) is 96.5 cm³/mol. The van der Waals surface area contributed by atoms with Crippen molar-refractivity contribution in [3.63, 3.8) is 0 Å². The summed E-state index contributed by atoms with van der Waals surface area (Å²) < 4.78 is 0. The summed E-state index contributed by atoms with van der Waals surface area (Å²) in [6.07, 6.45) is 3.92. The zero-order valence-corrected chi connectivity index (χ0v) is 14.5. The Kier molecular flexibility index (Phi) is 4.99. The maximum Gasteiger partial charge on any atom is 0.256 e. The van der Waals surface area contributed by atoms with E-state index in [1.807, 2.05) is 43.3 Å². The molecule has 0 saturated carbocycles. The van der Waals surface area contributed by atoms with E-state index in [1.54, 1.807) is 6.20 Å². The Labute approximate surface area is 138 Å². The van der Waals surface area contributed by atoms with Crippen LogP contribution in [0.15, 0.2) is 48.7 Å². The van der Waals surface area contributed by atoms with E-state index in [0.29, 0.717) is 11.4 Å². The fraction of sp³-hybridized carbons (Fsp3) is 0.300. The van der Waals surface area contributed by atoms with Crippen molar-refractivity contribution in [1.82, 2.24) is 4.98 Å². The molecule has 1 amide bonds. The summed E-state index contributed by atoms with van der Waals surface area (Å²) in [7, 11) is 0. The van der Waals surface area contributed by atoms with E-state index >= 15 is 0 Å². The number of nitrogens with one attached hydrogen (secondary N) is 1. The van der Waals surface area contributed by atoms with Crippen LogP contribution in [0.4, 0.5) is 5.82 Å². The van der Waals surface area contributed by atoms with Gasteiger partial charge in [-0.1, -0.05) is 39.0 Å². The number of benzene rings is 1. The van der Waals surface area contributed by atoms with Crippen LogP contribution in [0.5, 0.6) is 0 Å². The van der Waals surface area contributed by atoms with E-state index in [-0.39, 0.29) is 11.3 Å². The third-order valence-electron chi connectivity index (χ3n) is 3.41. The van der Waals surface area contributed by atoms with E-state index < -0.39 is 0 Å². The Morgan fingerprint density at radius 1 is 1.09 bits per heavy atom. The van der Waals surface area contributed by atoms with E-state index in [0.717, 1.165) is 11.1 Å². The van der Waals surface area contributed by atoms with Crippen LogP contribution in [0, 0.1) is 12.3 Å². The standard InChI is InChI=1S/C20H24N2O/c1-14-10-11-21-18(12-14)22-19(23)17-8-6-16(7-9-17)15(2)13-20(3,4)5/h6-13H,1-5H3,(H,21,22,23)/b15-13+. The minimum Gasteiger partial charge on any atom is -0.307 e. The van der Waals surface area contributed by atoms with Crippen molar-refractivity contribution in [2.24, 2.45) is 5.41 Å². The van der Waals surface area contributed by atoms with Crippen LogP contribution in [0.3, 0.4) is 0 Å². The first-order valence-electron chi connectivity index (χ1n) is 7.78. The summed E-state index contributed by atoms with van der Waals surface area (Å²) >= 11 is 0. The molecule has 2 rings (SSSR count). The van der Waals surface area contributed by atoms with Crippen LogP contribution in [0.1, 0.15) is 49.2 Å². The molecular formula is C20H24N2O. The molecule has 0 aliphatic heterocycles. The van der Waals surface area contributed by atoms with Gasteiger partial charge in [-0.3, -0.25) is 4.79 Å². The first-order valence-corrected chi connectivity index (χ1v) is 7.78. The Bertz CT molecular complexity index is 722. The van der Waals surface area contributed by atoms with Crippen LogP contribution in [-0.2, 0) is 0 Å². The van der Waals surface area contributed by atoms with Crippen molar-refractivity contribution in [3.8, 4) is 0 Å². The smallest absolute Gasteiger partial charge is 0.256 e. The molecule has 0 aliphatic carbocycles. The summed E-state index contributed by atoms with van der Waals surface area (Å²) in [6, 6.07) is 11.4. The maximum atomic E-state index is 12.3. The number of hydrogen-bond acceptors (Lipinski definition) is 2. The van der Waals surface area contributed by atoms with Crippen LogP contribution in [0.2, 0.25) is 0 Å².